The van der Waals surface area contributed by atoms with E-state index < -0.39 is 0 Å². The molecule has 0 bridgehead atoms. The zero-order chi connectivity index (χ0) is 13.0. The van der Waals surface area contributed by atoms with E-state index in [1.54, 1.807) is 0 Å². The van der Waals surface area contributed by atoms with E-state index in [0.717, 1.165) is 25.9 Å². The fourth-order valence-electron chi connectivity index (χ4n) is 2.71. The quantitative estimate of drug-likeness (QED) is 0.877. The van der Waals surface area contributed by atoms with Gasteiger partial charge in [0.05, 0.1) is 6.10 Å². The molecule has 1 aromatic carbocycles. The lowest BCUT2D eigenvalue weighted by atomic mass is 9.99. The summed E-state index contributed by atoms with van der Waals surface area (Å²) in [6.45, 7) is 7.51. The van der Waals surface area contributed by atoms with Crippen LogP contribution in [0.1, 0.15) is 50.3 Å². The van der Waals surface area contributed by atoms with Crippen LogP contribution in [-0.4, -0.2) is 18.8 Å². The number of benzene rings is 1. The average molecular weight is 247 g/mol. The summed E-state index contributed by atoms with van der Waals surface area (Å²) in [6, 6.07) is 9.79. The molecule has 2 rings (SSSR count). The predicted octanol–water partition coefficient (Wildman–Crippen LogP) is 3.60. The van der Waals surface area contributed by atoms with Crippen LogP contribution < -0.4 is 5.32 Å². The monoisotopic (exact) mass is 247 g/mol. The molecule has 0 saturated carbocycles. The molecule has 0 spiro atoms. The maximum Gasteiger partial charge on any atom is 0.0587 e. The third-order valence-corrected chi connectivity index (χ3v) is 3.85. The standard InChI is InChI=1S/C16H25NO/c1-4-16-11-15(8-9-18-16)17-13(3)14-7-5-6-12(2)10-14/h5-7,10,13,15-17H,4,8-9,11H2,1-3H3/t13-,15?,16?/m1/s1. The van der Waals surface area contributed by atoms with Gasteiger partial charge >= 0.3 is 0 Å². The smallest absolute Gasteiger partial charge is 0.0587 e. The van der Waals surface area contributed by atoms with Crippen LogP contribution in [0.25, 0.3) is 0 Å². The van der Waals surface area contributed by atoms with E-state index in [1.165, 1.54) is 11.1 Å². The van der Waals surface area contributed by atoms with Crippen molar-refractivity contribution in [1.82, 2.24) is 5.32 Å². The third kappa shape index (κ3) is 3.56. The molecular weight excluding hydrogens is 222 g/mol. The number of rotatable bonds is 4. The molecule has 0 aliphatic carbocycles. The highest BCUT2D eigenvalue weighted by molar-refractivity contribution is 5.24. The van der Waals surface area contributed by atoms with Crippen LogP contribution in [0.5, 0.6) is 0 Å². The van der Waals surface area contributed by atoms with Gasteiger partial charge in [-0.25, -0.2) is 0 Å². The summed E-state index contributed by atoms with van der Waals surface area (Å²) >= 11 is 0. The molecule has 1 aliphatic heterocycles. The molecule has 1 aromatic rings. The second-order valence-electron chi connectivity index (χ2n) is 5.42. The van der Waals surface area contributed by atoms with Crippen molar-refractivity contribution in [2.75, 3.05) is 6.61 Å². The van der Waals surface area contributed by atoms with Crippen molar-refractivity contribution >= 4 is 0 Å². The molecule has 1 saturated heterocycles. The molecule has 100 valence electrons. The van der Waals surface area contributed by atoms with E-state index in [1.807, 2.05) is 0 Å². The molecule has 1 aliphatic rings. The van der Waals surface area contributed by atoms with Gasteiger partial charge in [-0.05, 0) is 38.7 Å². The number of hydrogen-bond donors (Lipinski definition) is 1. The number of ether oxygens (including phenoxy) is 1. The van der Waals surface area contributed by atoms with Crippen molar-refractivity contribution in [1.29, 1.82) is 0 Å². The molecule has 0 aromatic heterocycles. The summed E-state index contributed by atoms with van der Waals surface area (Å²) in [7, 11) is 0. The fourth-order valence-corrected chi connectivity index (χ4v) is 2.71. The maximum atomic E-state index is 5.72. The number of hydrogen-bond acceptors (Lipinski definition) is 2. The molecular formula is C16H25NO. The first-order valence-electron chi connectivity index (χ1n) is 7.13. The Balaban J connectivity index is 1.92. The van der Waals surface area contributed by atoms with Crippen LogP contribution in [-0.2, 0) is 4.74 Å². The fraction of sp³-hybridized carbons (Fsp3) is 0.625. The number of aryl methyl sites for hydroxylation is 1. The highest BCUT2D eigenvalue weighted by Crippen LogP contribution is 2.21. The Morgan fingerprint density at radius 3 is 3.00 bits per heavy atom. The van der Waals surface area contributed by atoms with Gasteiger partial charge in [-0.3, -0.25) is 0 Å². The Morgan fingerprint density at radius 1 is 1.44 bits per heavy atom. The lowest BCUT2D eigenvalue weighted by Gasteiger charge is -2.32. The number of nitrogens with one attached hydrogen (secondary N) is 1. The molecule has 2 nitrogen and oxygen atoms in total. The van der Waals surface area contributed by atoms with Crippen molar-refractivity contribution in [3.63, 3.8) is 0 Å². The van der Waals surface area contributed by atoms with Gasteiger partial charge in [0.25, 0.3) is 0 Å². The molecule has 2 heteroatoms. The van der Waals surface area contributed by atoms with Gasteiger partial charge < -0.3 is 10.1 Å². The molecule has 2 unspecified atom stereocenters. The summed E-state index contributed by atoms with van der Waals surface area (Å²) in [5.74, 6) is 0. The van der Waals surface area contributed by atoms with Crippen molar-refractivity contribution in [2.45, 2.75) is 58.2 Å². The third-order valence-electron chi connectivity index (χ3n) is 3.85. The highest BCUT2D eigenvalue weighted by atomic mass is 16.5. The summed E-state index contributed by atoms with van der Waals surface area (Å²) in [6.07, 6.45) is 3.84. The molecule has 1 fully saturated rings. The molecule has 3 atom stereocenters. The van der Waals surface area contributed by atoms with E-state index >= 15 is 0 Å². The normalized spacial score (nSPS) is 25.9. The zero-order valence-corrected chi connectivity index (χ0v) is 11.8. The first kappa shape index (κ1) is 13.6. The van der Waals surface area contributed by atoms with Gasteiger partial charge in [-0.15, -0.1) is 0 Å². The van der Waals surface area contributed by atoms with Crippen LogP contribution >= 0.6 is 0 Å². The van der Waals surface area contributed by atoms with Crippen molar-refractivity contribution in [3.05, 3.63) is 35.4 Å². The lowest BCUT2D eigenvalue weighted by Crippen LogP contribution is -2.39. The Morgan fingerprint density at radius 2 is 2.28 bits per heavy atom. The maximum absolute atomic E-state index is 5.72. The first-order chi connectivity index (χ1) is 8.69. The Kier molecular flexibility index (Phi) is 4.79. The Bertz CT molecular complexity index is 377. The average Bonchev–Trinajstić information content (AvgIpc) is 2.39. The Labute approximate surface area is 111 Å². The van der Waals surface area contributed by atoms with Crippen molar-refractivity contribution in [2.24, 2.45) is 0 Å². The van der Waals surface area contributed by atoms with E-state index in [-0.39, 0.29) is 0 Å². The molecule has 18 heavy (non-hydrogen) atoms. The van der Waals surface area contributed by atoms with Gasteiger partial charge in [0.15, 0.2) is 0 Å². The van der Waals surface area contributed by atoms with Gasteiger partial charge in [-0.2, -0.15) is 0 Å². The highest BCUT2D eigenvalue weighted by Gasteiger charge is 2.22. The van der Waals surface area contributed by atoms with E-state index in [2.05, 4.69) is 50.4 Å². The van der Waals surface area contributed by atoms with Crippen LogP contribution in [0.4, 0.5) is 0 Å². The van der Waals surface area contributed by atoms with Gasteiger partial charge in [-0.1, -0.05) is 36.8 Å². The lowest BCUT2D eigenvalue weighted by molar-refractivity contribution is -0.00165. The van der Waals surface area contributed by atoms with Crippen LogP contribution in [0.3, 0.4) is 0 Å². The minimum Gasteiger partial charge on any atom is -0.378 e. The van der Waals surface area contributed by atoms with E-state index in [0.29, 0.717) is 18.2 Å². The van der Waals surface area contributed by atoms with Crippen LogP contribution in [0, 0.1) is 6.92 Å². The SMILES string of the molecule is CCC1CC(N[C@H](C)c2cccc(C)c2)CCO1. The van der Waals surface area contributed by atoms with Crippen molar-refractivity contribution < 1.29 is 4.74 Å². The molecule has 0 radical (unpaired) electrons. The molecule has 0 amide bonds. The van der Waals surface area contributed by atoms with Crippen LogP contribution in [0.2, 0.25) is 0 Å². The topological polar surface area (TPSA) is 21.3 Å². The van der Waals surface area contributed by atoms with Gasteiger partial charge in [0.2, 0.25) is 0 Å². The minimum atomic E-state index is 0.422. The summed E-state index contributed by atoms with van der Waals surface area (Å²) in [4.78, 5) is 0. The van der Waals surface area contributed by atoms with Gasteiger partial charge in [0.1, 0.15) is 0 Å². The van der Waals surface area contributed by atoms with Crippen LogP contribution in [0.15, 0.2) is 24.3 Å². The molecule has 1 N–H and O–H groups in total. The van der Waals surface area contributed by atoms with E-state index in [9.17, 15) is 0 Å². The van der Waals surface area contributed by atoms with E-state index in [4.69, 9.17) is 4.74 Å². The largest absolute Gasteiger partial charge is 0.378 e. The second-order valence-corrected chi connectivity index (χ2v) is 5.42. The van der Waals surface area contributed by atoms with Gasteiger partial charge in [0, 0.05) is 18.7 Å². The Hall–Kier alpha value is -0.860. The molecule has 1 heterocycles. The first-order valence-corrected chi connectivity index (χ1v) is 7.13. The predicted molar refractivity (Wildman–Crippen MR) is 75.8 cm³/mol. The summed E-state index contributed by atoms with van der Waals surface area (Å²) in [5, 5.41) is 3.75. The second kappa shape index (κ2) is 6.35. The van der Waals surface area contributed by atoms with Crippen molar-refractivity contribution in [3.8, 4) is 0 Å². The minimum absolute atomic E-state index is 0.422. The summed E-state index contributed by atoms with van der Waals surface area (Å²) < 4.78 is 5.72. The summed E-state index contributed by atoms with van der Waals surface area (Å²) in [5.41, 5.74) is 2.72. The zero-order valence-electron chi connectivity index (χ0n) is 11.8.